The Bertz CT molecular complexity index is 211. The molecule has 0 spiro atoms. The summed E-state index contributed by atoms with van der Waals surface area (Å²) in [5.41, 5.74) is 0. The molecule has 3 heteroatoms. The van der Waals surface area contributed by atoms with Gasteiger partial charge in [-0.1, -0.05) is 12.2 Å². The average molecular weight is 180 g/mol. The third-order valence-electron chi connectivity index (χ3n) is 2.79. The van der Waals surface area contributed by atoms with Gasteiger partial charge in [-0.15, -0.1) is 0 Å². The van der Waals surface area contributed by atoms with Crippen LogP contribution in [0.15, 0.2) is 12.2 Å². The number of nitrogens with zero attached hydrogens (tertiary/aromatic N) is 1. The smallest absolute Gasteiger partial charge is 0.226 e. The highest BCUT2D eigenvalue weighted by Gasteiger charge is 2.25. The van der Waals surface area contributed by atoms with Crippen LogP contribution in [0.3, 0.4) is 0 Å². The number of hydrogen-bond acceptors (Lipinski definition) is 2. The highest BCUT2D eigenvalue weighted by molar-refractivity contribution is 5.79. The van der Waals surface area contributed by atoms with Gasteiger partial charge < -0.3 is 10.2 Å². The Kier molecular flexibility index (Phi) is 2.64. The molecule has 1 fully saturated rings. The van der Waals surface area contributed by atoms with Crippen molar-refractivity contribution in [1.82, 2.24) is 10.2 Å². The number of amides is 1. The van der Waals surface area contributed by atoms with Gasteiger partial charge in [-0.3, -0.25) is 4.79 Å². The lowest BCUT2D eigenvalue weighted by Gasteiger charge is -2.29. The van der Waals surface area contributed by atoms with Crippen molar-refractivity contribution in [1.29, 1.82) is 0 Å². The van der Waals surface area contributed by atoms with Crippen LogP contribution >= 0.6 is 0 Å². The zero-order valence-corrected chi connectivity index (χ0v) is 7.83. The molecule has 0 radical (unpaired) electrons. The van der Waals surface area contributed by atoms with Gasteiger partial charge >= 0.3 is 0 Å². The van der Waals surface area contributed by atoms with Crippen LogP contribution in [0.2, 0.25) is 0 Å². The number of carbonyl (C=O) groups is 1. The summed E-state index contributed by atoms with van der Waals surface area (Å²) in [5.74, 6) is 0.601. The SMILES string of the molecule is O=C(C1CC=CC1)N1CCNCC1. The van der Waals surface area contributed by atoms with Crippen molar-refractivity contribution < 1.29 is 4.79 Å². The van der Waals surface area contributed by atoms with Crippen LogP contribution in [0, 0.1) is 5.92 Å². The Hall–Kier alpha value is -0.830. The molecule has 1 amide bonds. The van der Waals surface area contributed by atoms with Crippen molar-refractivity contribution in [2.45, 2.75) is 12.8 Å². The molecule has 0 aromatic rings. The predicted octanol–water partition coefficient (Wildman–Crippen LogP) is 0.384. The van der Waals surface area contributed by atoms with Crippen molar-refractivity contribution in [2.75, 3.05) is 26.2 Å². The molecular weight excluding hydrogens is 164 g/mol. The van der Waals surface area contributed by atoms with E-state index < -0.39 is 0 Å². The van der Waals surface area contributed by atoms with Crippen molar-refractivity contribution >= 4 is 5.91 Å². The van der Waals surface area contributed by atoms with Crippen LogP contribution in [0.5, 0.6) is 0 Å². The number of nitrogens with one attached hydrogen (secondary N) is 1. The highest BCUT2D eigenvalue weighted by atomic mass is 16.2. The molecule has 1 aliphatic heterocycles. The summed E-state index contributed by atoms with van der Waals surface area (Å²) in [6, 6.07) is 0. The van der Waals surface area contributed by atoms with Crippen LogP contribution in [-0.2, 0) is 4.79 Å². The highest BCUT2D eigenvalue weighted by Crippen LogP contribution is 2.20. The van der Waals surface area contributed by atoms with Crippen molar-refractivity contribution in [3.8, 4) is 0 Å². The van der Waals surface area contributed by atoms with Crippen molar-refractivity contribution in [3.63, 3.8) is 0 Å². The number of carbonyl (C=O) groups excluding carboxylic acids is 1. The molecule has 0 bridgehead atoms. The third-order valence-corrected chi connectivity index (χ3v) is 2.79. The Morgan fingerprint density at radius 3 is 2.46 bits per heavy atom. The van der Waals surface area contributed by atoms with E-state index in [-0.39, 0.29) is 5.92 Å². The Morgan fingerprint density at radius 2 is 1.85 bits per heavy atom. The van der Waals surface area contributed by atoms with E-state index in [9.17, 15) is 4.79 Å². The molecule has 13 heavy (non-hydrogen) atoms. The van der Waals surface area contributed by atoms with Crippen LogP contribution in [0.4, 0.5) is 0 Å². The maximum absolute atomic E-state index is 11.9. The first-order valence-electron chi connectivity index (χ1n) is 5.02. The van der Waals surface area contributed by atoms with Crippen LogP contribution < -0.4 is 5.32 Å². The topological polar surface area (TPSA) is 32.3 Å². The molecule has 1 N–H and O–H groups in total. The summed E-state index contributed by atoms with van der Waals surface area (Å²) in [6.45, 7) is 3.67. The first-order chi connectivity index (χ1) is 6.38. The number of rotatable bonds is 1. The Morgan fingerprint density at radius 1 is 1.23 bits per heavy atom. The molecule has 72 valence electrons. The fourth-order valence-corrected chi connectivity index (χ4v) is 1.96. The summed E-state index contributed by atoms with van der Waals surface area (Å²) in [5, 5.41) is 3.25. The zero-order valence-electron chi connectivity index (χ0n) is 7.83. The van der Waals surface area contributed by atoms with Gasteiger partial charge in [0, 0.05) is 32.1 Å². The predicted molar refractivity (Wildman–Crippen MR) is 51.3 cm³/mol. The Labute approximate surface area is 78.8 Å². The maximum atomic E-state index is 11.9. The van der Waals surface area contributed by atoms with Gasteiger partial charge in [0.1, 0.15) is 0 Å². The molecule has 1 heterocycles. The van der Waals surface area contributed by atoms with E-state index in [1.807, 2.05) is 4.90 Å². The second kappa shape index (κ2) is 3.92. The van der Waals surface area contributed by atoms with Gasteiger partial charge in [0.25, 0.3) is 0 Å². The molecular formula is C10H16N2O. The van der Waals surface area contributed by atoms with Crippen LogP contribution in [-0.4, -0.2) is 37.0 Å². The standard InChI is InChI=1S/C10H16N2O/c13-10(9-3-1-2-4-9)12-7-5-11-6-8-12/h1-2,9,11H,3-8H2. The minimum Gasteiger partial charge on any atom is -0.340 e. The fourth-order valence-electron chi connectivity index (χ4n) is 1.96. The lowest BCUT2D eigenvalue weighted by Crippen LogP contribution is -2.48. The van der Waals surface area contributed by atoms with Gasteiger partial charge in [-0.2, -0.15) is 0 Å². The normalized spacial score (nSPS) is 23.8. The minimum absolute atomic E-state index is 0.248. The summed E-state index contributed by atoms with van der Waals surface area (Å²) in [7, 11) is 0. The van der Waals surface area contributed by atoms with Crippen LogP contribution in [0.25, 0.3) is 0 Å². The number of hydrogen-bond donors (Lipinski definition) is 1. The van der Waals surface area contributed by atoms with Crippen LogP contribution in [0.1, 0.15) is 12.8 Å². The third kappa shape index (κ3) is 1.91. The minimum atomic E-state index is 0.248. The summed E-state index contributed by atoms with van der Waals surface area (Å²) in [6.07, 6.45) is 6.13. The second-order valence-electron chi connectivity index (χ2n) is 3.72. The lowest BCUT2D eigenvalue weighted by atomic mass is 10.1. The summed E-state index contributed by atoms with van der Waals surface area (Å²) >= 11 is 0. The van der Waals surface area contributed by atoms with Gasteiger partial charge in [0.05, 0.1) is 0 Å². The molecule has 0 aromatic heterocycles. The molecule has 0 saturated carbocycles. The largest absolute Gasteiger partial charge is 0.340 e. The summed E-state index contributed by atoms with van der Waals surface area (Å²) < 4.78 is 0. The molecule has 1 saturated heterocycles. The van der Waals surface area contributed by atoms with Gasteiger partial charge in [0.2, 0.25) is 5.91 Å². The zero-order chi connectivity index (χ0) is 9.10. The fraction of sp³-hybridized carbons (Fsp3) is 0.700. The van der Waals surface area contributed by atoms with Gasteiger partial charge in [-0.25, -0.2) is 0 Å². The summed E-state index contributed by atoms with van der Waals surface area (Å²) in [4.78, 5) is 13.9. The molecule has 1 aliphatic carbocycles. The molecule has 2 aliphatic rings. The van der Waals surface area contributed by atoms with E-state index in [1.54, 1.807) is 0 Å². The number of allylic oxidation sites excluding steroid dienone is 2. The molecule has 3 nitrogen and oxygen atoms in total. The van der Waals surface area contributed by atoms with E-state index in [4.69, 9.17) is 0 Å². The van der Waals surface area contributed by atoms with E-state index in [1.165, 1.54) is 0 Å². The number of piperazine rings is 1. The monoisotopic (exact) mass is 180 g/mol. The van der Waals surface area contributed by atoms with E-state index in [2.05, 4.69) is 17.5 Å². The van der Waals surface area contributed by atoms with E-state index in [0.717, 1.165) is 39.0 Å². The maximum Gasteiger partial charge on any atom is 0.226 e. The first kappa shape index (κ1) is 8.75. The quantitative estimate of drug-likeness (QED) is 0.592. The van der Waals surface area contributed by atoms with E-state index in [0.29, 0.717) is 5.91 Å². The van der Waals surface area contributed by atoms with Gasteiger partial charge in [0.15, 0.2) is 0 Å². The van der Waals surface area contributed by atoms with Gasteiger partial charge in [-0.05, 0) is 12.8 Å². The average Bonchev–Trinajstić information content (AvgIpc) is 2.71. The second-order valence-corrected chi connectivity index (χ2v) is 3.72. The molecule has 0 aromatic carbocycles. The van der Waals surface area contributed by atoms with Crippen molar-refractivity contribution in [2.24, 2.45) is 5.92 Å². The lowest BCUT2D eigenvalue weighted by molar-refractivity contribution is -0.135. The van der Waals surface area contributed by atoms with E-state index >= 15 is 0 Å². The first-order valence-corrected chi connectivity index (χ1v) is 5.02. The molecule has 0 unspecified atom stereocenters. The van der Waals surface area contributed by atoms with Crippen molar-refractivity contribution in [3.05, 3.63) is 12.2 Å². The Balaban J connectivity index is 1.88. The molecule has 2 rings (SSSR count). The molecule has 0 atom stereocenters.